The van der Waals surface area contributed by atoms with Crippen LogP contribution in [-0.2, 0) is 0 Å². The van der Waals surface area contributed by atoms with Crippen molar-refractivity contribution in [1.82, 2.24) is 0 Å². The zero-order valence-electron chi connectivity index (χ0n) is 21.9. The molecule has 1 aliphatic rings. The Balaban J connectivity index is 1.66. The molecule has 2 nitrogen and oxygen atoms in total. The van der Waals surface area contributed by atoms with Gasteiger partial charge in [0.1, 0.15) is 0 Å². The molecule has 0 radical (unpaired) electrons. The Morgan fingerprint density at radius 3 is 1.51 bits per heavy atom. The zero-order valence-corrected chi connectivity index (χ0v) is 23.7. The Hall–Kier alpha value is -2.86. The van der Waals surface area contributed by atoms with E-state index in [0.717, 1.165) is 6.42 Å². The minimum atomic E-state index is -1.02. The van der Waals surface area contributed by atoms with E-state index >= 15 is 0 Å². The van der Waals surface area contributed by atoms with Crippen LogP contribution in [0.4, 0.5) is 0 Å². The monoisotopic (exact) mass is 522 g/mol. The second kappa shape index (κ2) is 10.1. The van der Waals surface area contributed by atoms with E-state index in [1.807, 2.05) is 0 Å². The van der Waals surface area contributed by atoms with Crippen molar-refractivity contribution in [2.75, 3.05) is 6.61 Å². The van der Waals surface area contributed by atoms with Crippen LogP contribution >= 0.6 is 15.5 Å². The largest absolute Gasteiger partial charge is 0.331 e. The molecule has 1 aliphatic heterocycles. The number of hydrogen-bond donors (Lipinski definition) is 0. The standard InChI is InChI=1S/C33H32O2P2/c1-22-24(3)32-33-25(4)23(2)31(28-18-12-7-13-19-28)37(33)35-29(26-14-8-5-9-15-26)20-21-34-36(32)30(22)27-16-10-6-11-17-27/h5-19,29H,20-21H2,1-4H3/t29-,36?,37?/m1/s1. The fraction of sp³-hybridized carbons (Fsp3) is 0.212. The average Bonchev–Trinajstić information content (AvgIpc) is 3.35. The van der Waals surface area contributed by atoms with Gasteiger partial charge in [-0.1, -0.05) is 91.0 Å². The normalized spacial score (nSPS) is 16.4. The Labute approximate surface area is 222 Å². The zero-order chi connectivity index (χ0) is 25.5. The molecule has 0 aliphatic carbocycles. The molecule has 2 aromatic heterocycles. The van der Waals surface area contributed by atoms with Crippen molar-refractivity contribution in [1.29, 1.82) is 0 Å². The van der Waals surface area contributed by atoms with E-state index in [-0.39, 0.29) is 6.10 Å². The first-order valence-corrected chi connectivity index (χ1v) is 15.5. The van der Waals surface area contributed by atoms with E-state index in [1.165, 1.54) is 60.1 Å². The average molecular weight is 523 g/mol. The number of hydrogen-bond acceptors (Lipinski definition) is 2. The summed E-state index contributed by atoms with van der Waals surface area (Å²) in [6, 6.07) is 32.3. The minimum Gasteiger partial charge on any atom is -0.331 e. The first-order valence-electron chi connectivity index (χ1n) is 13.0. The lowest BCUT2D eigenvalue weighted by Gasteiger charge is -2.20. The highest BCUT2D eigenvalue weighted by molar-refractivity contribution is 7.57. The lowest BCUT2D eigenvalue weighted by Crippen LogP contribution is -2.10. The van der Waals surface area contributed by atoms with Crippen LogP contribution in [0, 0.1) is 27.7 Å². The highest BCUT2D eigenvalue weighted by Crippen LogP contribution is 2.64. The molecule has 0 N–H and O–H groups in total. The summed E-state index contributed by atoms with van der Waals surface area (Å²) in [7, 11) is -1.96. The Morgan fingerprint density at radius 1 is 0.541 bits per heavy atom. The van der Waals surface area contributed by atoms with Crippen LogP contribution in [0.2, 0.25) is 0 Å². The number of fused-ring (bicyclic) bond motifs is 3. The van der Waals surface area contributed by atoms with E-state index in [4.69, 9.17) is 9.05 Å². The third kappa shape index (κ3) is 4.23. The molecule has 37 heavy (non-hydrogen) atoms. The van der Waals surface area contributed by atoms with Crippen molar-refractivity contribution < 1.29 is 9.05 Å². The van der Waals surface area contributed by atoms with E-state index in [1.54, 1.807) is 0 Å². The number of rotatable bonds is 3. The smallest absolute Gasteiger partial charge is 0.0951 e. The predicted molar refractivity (Wildman–Crippen MR) is 159 cm³/mol. The maximum absolute atomic E-state index is 7.25. The Kier molecular flexibility index (Phi) is 6.70. The molecule has 6 rings (SSSR count). The lowest BCUT2D eigenvalue weighted by atomic mass is 10.0. The van der Waals surface area contributed by atoms with Gasteiger partial charge in [0.15, 0.2) is 0 Å². The highest BCUT2D eigenvalue weighted by Gasteiger charge is 2.32. The molecule has 0 bridgehead atoms. The Morgan fingerprint density at radius 2 is 0.973 bits per heavy atom. The molecule has 0 fully saturated rings. The summed E-state index contributed by atoms with van der Waals surface area (Å²) in [5.74, 6) is 0. The fourth-order valence-electron chi connectivity index (χ4n) is 5.51. The first kappa shape index (κ1) is 24.5. The van der Waals surface area contributed by atoms with Gasteiger partial charge in [0, 0.05) is 43.1 Å². The molecule has 3 heterocycles. The predicted octanol–water partition coefficient (Wildman–Crippen LogP) is 9.90. The van der Waals surface area contributed by atoms with Crippen molar-refractivity contribution in [3.05, 3.63) is 119 Å². The molecule has 4 heteroatoms. The van der Waals surface area contributed by atoms with E-state index in [9.17, 15) is 0 Å². The number of benzene rings is 3. The van der Waals surface area contributed by atoms with Gasteiger partial charge < -0.3 is 9.05 Å². The third-order valence-corrected chi connectivity index (χ3v) is 12.7. The van der Waals surface area contributed by atoms with Crippen LogP contribution in [0.25, 0.3) is 32.3 Å². The maximum atomic E-state index is 7.25. The van der Waals surface area contributed by atoms with Gasteiger partial charge in [0.25, 0.3) is 0 Å². The van der Waals surface area contributed by atoms with Crippen molar-refractivity contribution in [3.8, 4) is 32.3 Å². The Bertz CT molecular complexity index is 1550. The van der Waals surface area contributed by atoms with Gasteiger partial charge in [0.05, 0.1) is 12.7 Å². The second-order valence-electron chi connectivity index (χ2n) is 9.84. The van der Waals surface area contributed by atoms with Gasteiger partial charge in [-0.05, 0) is 66.6 Å². The summed E-state index contributed by atoms with van der Waals surface area (Å²) >= 11 is 0. The molecular formula is C33H32O2P2. The van der Waals surface area contributed by atoms with Crippen molar-refractivity contribution >= 4 is 15.5 Å². The van der Waals surface area contributed by atoms with Crippen LogP contribution in [0.3, 0.4) is 0 Å². The second-order valence-corrected chi connectivity index (χ2v) is 13.3. The molecule has 0 saturated heterocycles. The van der Waals surface area contributed by atoms with E-state index < -0.39 is 15.5 Å². The maximum Gasteiger partial charge on any atom is 0.0951 e. The molecule has 5 aromatic rings. The lowest BCUT2D eigenvalue weighted by molar-refractivity contribution is 0.246. The van der Waals surface area contributed by atoms with Crippen LogP contribution in [0.15, 0.2) is 91.0 Å². The van der Waals surface area contributed by atoms with Crippen molar-refractivity contribution in [3.63, 3.8) is 0 Å². The minimum absolute atomic E-state index is 0.0130. The van der Waals surface area contributed by atoms with Crippen LogP contribution in [0.1, 0.15) is 40.3 Å². The molecular weight excluding hydrogens is 490 g/mol. The molecule has 3 atom stereocenters. The van der Waals surface area contributed by atoms with Gasteiger partial charge in [-0.3, -0.25) is 0 Å². The molecule has 0 spiro atoms. The summed E-state index contributed by atoms with van der Waals surface area (Å²) in [6.45, 7) is 9.80. The van der Waals surface area contributed by atoms with Crippen molar-refractivity contribution in [2.45, 2.75) is 40.2 Å². The summed E-state index contributed by atoms with van der Waals surface area (Å²) in [4.78, 5) is 0. The molecule has 0 amide bonds. The van der Waals surface area contributed by atoms with Gasteiger partial charge in [0.2, 0.25) is 0 Å². The first-order chi connectivity index (χ1) is 18.1. The van der Waals surface area contributed by atoms with Crippen LogP contribution in [-0.4, -0.2) is 6.61 Å². The van der Waals surface area contributed by atoms with Gasteiger partial charge in [-0.15, -0.1) is 0 Å². The van der Waals surface area contributed by atoms with Gasteiger partial charge >= 0.3 is 0 Å². The topological polar surface area (TPSA) is 18.5 Å². The summed E-state index contributed by atoms with van der Waals surface area (Å²) in [6.07, 6.45) is 0.823. The molecule has 3 aromatic carbocycles. The molecule has 0 saturated carbocycles. The van der Waals surface area contributed by atoms with E-state index in [2.05, 4.69) is 119 Å². The van der Waals surface area contributed by atoms with E-state index in [0.29, 0.717) is 6.61 Å². The summed E-state index contributed by atoms with van der Waals surface area (Å²) in [5, 5.41) is 5.48. The third-order valence-electron chi connectivity index (χ3n) is 7.68. The SMILES string of the molecule is Cc1c(C)c2p(c1-c1ccccc1)OCC[C@H](c1ccccc1)Op1c(-c3ccccc3)c(C)c(C)c1-2. The van der Waals surface area contributed by atoms with Gasteiger partial charge in [-0.2, -0.15) is 0 Å². The fourth-order valence-corrected chi connectivity index (χ4v) is 11.1. The van der Waals surface area contributed by atoms with Crippen LogP contribution < -0.4 is 9.05 Å². The molecule has 186 valence electrons. The van der Waals surface area contributed by atoms with Gasteiger partial charge in [-0.25, -0.2) is 0 Å². The quantitative estimate of drug-likeness (QED) is 0.235. The van der Waals surface area contributed by atoms with Crippen LogP contribution in [0.5, 0.6) is 0 Å². The highest BCUT2D eigenvalue weighted by atomic mass is 31.1. The summed E-state index contributed by atoms with van der Waals surface area (Å²) in [5.41, 5.74) is 9.18. The molecule has 2 unspecified atom stereocenters. The summed E-state index contributed by atoms with van der Waals surface area (Å²) < 4.78 is 14.2. The van der Waals surface area contributed by atoms with Crippen molar-refractivity contribution in [2.24, 2.45) is 0 Å².